The van der Waals surface area contributed by atoms with Crippen molar-refractivity contribution in [2.75, 3.05) is 0 Å². The van der Waals surface area contributed by atoms with Crippen LogP contribution in [0.25, 0.3) is 32.7 Å². The number of carboxylic acid groups (broad SMARTS) is 2. The Balaban J connectivity index is 0.000000129. The minimum absolute atomic E-state index is 0.0711. The Labute approximate surface area is 313 Å². The highest BCUT2D eigenvalue weighted by Crippen LogP contribution is 2.47. The van der Waals surface area contributed by atoms with Crippen LogP contribution < -0.4 is 11.5 Å². The third-order valence-electron chi connectivity index (χ3n) is 11.1. The topological polar surface area (TPSA) is 185 Å². The monoisotopic (exact) mass is 732 g/mol. The largest absolute Gasteiger partial charge is 0.480 e. The number of nitrogens with two attached hydrogens (primary N) is 2. The summed E-state index contributed by atoms with van der Waals surface area (Å²) in [7, 11) is 5.87. The van der Waals surface area contributed by atoms with Crippen molar-refractivity contribution in [3.05, 3.63) is 111 Å². The number of nitro groups is 1. The summed E-state index contributed by atoms with van der Waals surface area (Å²) in [5.74, 6) is -0.255. The zero-order valence-corrected chi connectivity index (χ0v) is 30.9. The van der Waals surface area contributed by atoms with E-state index in [1.807, 2.05) is 29.9 Å². The van der Waals surface area contributed by atoms with Gasteiger partial charge in [-0.1, -0.05) is 12.1 Å². The van der Waals surface area contributed by atoms with E-state index in [1.165, 1.54) is 47.7 Å². The SMILES string of the molecule is Cn1cc(CC(N)C(=O)O)c2c([N+](=O)[O-])c(C3CC3)ccc21.Cn1cc(CC(N)C(=O)O)c2cc(C3CC3)ccc21.Cn1ccc2cc(C3CC3)ccc21. The summed E-state index contributed by atoms with van der Waals surface area (Å²) < 4.78 is 5.99. The van der Waals surface area contributed by atoms with Gasteiger partial charge >= 0.3 is 11.9 Å². The Hall–Kier alpha value is -5.46. The number of aromatic nitrogens is 3. The van der Waals surface area contributed by atoms with Crippen LogP contribution in [0.2, 0.25) is 0 Å². The molecule has 3 aromatic carbocycles. The van der Waals surface area contributed by atoms with Crippen LogP contribution >= 0.6 is 0 Å². The molecule has 9 rings (SSSR count). The second-order valence-corrected chi connectivity index (χ2v) is 15.3. The number of rotatable bonds is 10. The number of hydrogen-bond acceptors (Lipinski definition) is 6. The summed E-state index contributed by atoms with van der Waals surface area (Å²) in [5, 5.41) is 32.6. The molecule has 54 heavy (non-hydrogen) atoms. The van der Waals surface area contributed by atoms with Crippen molar-refractivity contribution < 1.29 is 24.7 Å². The molecule has 2 atom stereocenters. The Bertz CT molecular complexity index is 2390. The fraction of sp³-hybridized carbons (Fsp3) is 0.381. The van der Waals surface area contributed by atoms with Crippen LogP contribution in [0.5, 0.6) is 0 Å². The van der Waals surface area contributed by atoms with E-state index in [9.17, 15) is 19.7 Å². The second-order valence-electron chi connectivity index (χ2n) is 15.3. The van der Waals surface area contributed by atoms with Crippen molar-refractivity contribution in [2.24, 2.45) is 32.6 Å². The van der Waals surface area contributed by atoms with E-state index in [4.69, 9.17) is 21.7 Å². The summed E-state index contributed by atoms with van der Waals surface area (Å²) in [4.78, 5) is 33.1. The van der Waals surface area contributed by atoms with Crippen molar-refractivity contribution in [3.8, 4) is 0 Å². The molecule has 282 valence electrons. The first-order valence-electron chi connectivity index (χ1n) is 18.7. The Morgan fingerprint density at radius 3 is 1.81 bits per heavy atom. The maximum atomic E-state index is 11.6. The van der Waals surface area contributed by atoms with Crippen LogP contribution in [-0.4, -0.2) is 52.9 Å². The van der Waals surface area contributed by atoms with Crippen LogP contribution in [0.1, 0.15) is 84.1 Å². The quantitative estimate of drug-likeness (QED) is 0.0858. The van der Waals surface area contributed by atoms with Crippen LogP contribution in [0.4, 0.5) is 5.69 Å². The van der Waals surface area contributed by atoms with Crippen molar-refractivity contribution in [3.63, 3.8) is 0 Å². The second kappa shape index (κ2) is 14.8. The first kappa shape index (κ1) is 36.9. The molecule has 6 aromatic rings. The maximum absolute atomic E-state index is 11.6. The average Bonchev–Trinajstić information content (AvgIpc) is 4.04. The molecule has 3 heterocycles. The Kier molecular flexibility index (Phi) is 10.1. The highest BCUT2D eigenvalue weighted by Gasteiger charge is 2.34. The van der Waals surface area contributed by atoms with E-state index < -0.39 is 24.0 Å². The smallest absolute Gasteiger partial charge is 0.320 e. The van der Waals surface area contributed by atoms with Gasteiger partial charge < -0.3 is 35.4 Å². The van der Waals surface area contributed by atoms with Gasteiger partial charge in [0, 0.05) is 74.6 Å². The van der Waals surface area contributed by atoms with Gasteiger partial charge in [-0.25, -0.2) is 0 Å². The number of hydrogen-bond donors (Lipinski definition) is 4. The number of benzene rings is 3. The predicted molar refractivity (Wildman–Crippen MR) is 210 cm³/mol. The fourth-order valence-corrected chi connectivity index (χ4v) is 7.59. The zero-order valence-electron chi connectivity index (χ0n) is 30.9. The number of carboxylic acids is 2. The molecule has 3 aromatic heterocycles. The van der Waals surface area contributed by atoms with Gasteiger partial charge in [0.15, 0.2) is 0 Å². The molecule has 12 heteroatoms. The predicted octanol–water partition coefficient (Wildman–Crippen LogP) is 6.98. The molecule has 0 aliphatic heterocycles. The lowest BCUT2D eigenvalue weighted by Crippen LogP contribution is -2.32. The third-order valence-corrected chi connectivity index (χ3v) is 11.1. The van der Waals surface area contributed by atoms with Crippen LogP contribution in [-0.2, 0) is 43.6 Å². The van der Waals surface area contributed by atoms with Gasteiger partial charge in [-0.2, -0.15) is 0 Å². The van der Waals surface area contributed by atoms with E-state index >= 15 is 0 Å². The first-order chi connectivity index (χ1) is 25.8. The highest BCUT2D eigenvalue weighted by molar-refractivity contribution is 5.95. The van der Waals surface area contributed by atoms with Gasteiger partial charge in [0.05, 0.1) is 15.8 Å². The Morgan fingerprint density at radius 1 is 0.722 bits per heavy atom. The number of nitrogens with zero attached hydrogens (tertiary/aromatic N) is 4. The van der Waals surface area contributed by atoms with Crippen molar-refractivity contribution >= 4 is 50.3 Å². The highest BCUT2D eigenvalue weighted by atomic mass is 16.6. The molecule has 3 aliphatic carbocycles. The van der Waals surface area contributed by atoms with E-state index in [0.717, 1.165) is 46.3 Å². The average molecular weight is 733 g/mol. The molecule has 0 radical (unpaired) electrons. The molecule has 12 nitrogen and oxygen atoms in total. The van der Waals surface area contributed by atoms with Gasteiger partial charge in [-0.3, -0.25) is 19.7 Å². The standard InChI is InChI=1S/C15H17N3O4.C15H18N2O2.C12H13N/c1-17-7-9(6-11(16)15(19)20)13-12(17)5-4-10(8-2-3-8)14(13)18(21)22;1-17-8-11(7-13(16)15(18)19)12-6-10(9-2-3-9)4-5-14(12)17;1-13-7-6-11-8-10(9-2-3-9)4-5-12(11)13/h4-5,7-8,11H,2-3,6,16H2,1H3,(H,19,20);4-6,8-9,13H,2-3,7,16H2,1H3,(H,18,19);4-9H,2-3H2,1H3. The summed E-state index contributed by atoms with van der Waals surface area (Å²) in [5.41, 5.74) is 19.8. The minimum atomic E-state index is -1.11. The van der Waals surface area contributed by atoms with Crippen molar-refractivity contribution in [1.82, 2.24) is 13.7 Å². The lowest BCUT2D eigenvalue weighted by Gasteiger charge is -2.07. The van der Waals surface area contributed by atoms with E-state index in [-0.39, 0.29) is 22.9 Å². The van der Waals surface area contributed by atoms with Crippen LogP contribution in [0, 0.1) is 10.1 Å². The lowest BCUT2D eigenvalue weighted by molar-refractivity contribution is -0.383. The summed E-state index contributed by atoms with van der Waals surface area (Å²) >= 11 is 0. The third kappa shape index (κ3) is 7.76. The number of aliphatic carboxylic acids is 2. The maximum Gasteiger partial charge on any atom is 0.320 e. The van der Waals surface area contributed by atoms with Crippen LogP contribution in [0.3, 0.4) is 0 Å². The van der Waals surface area contributed by atoms with E-state index in [0.29, 0.717) is 23.3 Å². The molecule has 0 saturated heterocycles. The molecule has 3 aliphatic rings. The molecule has 0 bridgehead atoms. The number of carbonyl (C=O) groups is 2. The molecule has 6 N–H and O–H groups in total. The zero-order chi connectivity index (χ0) is 38.4. The molecule has 0 spiro atoms. The molecule has 0 amide bonds. The summed E-state index contributed by atoms with van der Waals surface area (Å²) in [6, 6.07) is 17.3. The molecule has 3 fully saturated rings. The van der Waals surface area contributed by atoms with Crippen LogP contribution in [0.15, 0.2) is 73.2 Å². The fourth-order valence-electron chi connectivity index (χ4n) is 7.59. The van der Waals surface area contributed by atoms with Gasteiger partial charge in [-0.05, 0) is 126 Å². The van der Waals surface area contributed by atoms with Gasteiger partial charge in [-0.15, -0.1) is 0 Å². The molecular formula is C42H48N6O6. The number of fused-ring (bicyclic) bond motifs is 3. The van der Waals surface area contributed by atoms with Gasteiger partial charge in [0.1, 0.15) is 12.1 Å². The lowest BCUT2D eigenvalue weighted by atomic mass is 9.99. The van der Waals surface area contributed by atoms with Crippen molar-refractivity contribution in [1.29, 1.82) is 0 Å². The number of nitro benzene ring substituents is 1. The van der Waals surface area contributed by atoms with Gasteiger partial charge in [0.2, 0.25) is 0 Å². The van der Waals surface area contributed by atoms with E-state index in [2.05, 4.69) is 60.3 Å². The van der Waals surface area contributed by atoms with E-state index in [1.54, 1.807) is 17.8 Å². The summed E-state index contributed by atoms with van der Waals surface area (Å²) in [6.45, 7) is 0. The first-order valence-corrected chi connectivity index (χ1v) is 18.7. The molecular weight excluding hydrogens is 684 g/mol. The summed E-state index contributed by atoms with van der Waals surface area (Å²) in [6.07, 6.45) is 13.5. The molecule has 2 unspecified atom stereocenters. The number of aryl methyl sites for hydroxylation is 3. The van der Waals surface area contributed by atoms with Gasteiger partial charge in [0.25, 0.3) is 5.69 Å². The van der Waals surface area contributed by atoms with Crippen molar-refractivity contribution in [2.45, 2.75) is 81.2 Å². The molecule has 3 saturated carbocycles. The normalized spacial score (nSPS) is 16.4. The Morgan fingerprint density at radius 2 is 1.24 bits per heavy atom. The minimum Gasteiger partial charge on any atom is -0.480 e.